The van der Waals surface area contributed by atoms with E-state index >= 15 is 0 Å². The molecule has 0 radical (unpaired) electrons. The average molecular weight is 466 g/mol. The first-order valence-electron chi connectivity index (χ1n) is 11.3. The van der Waals surface area contributed by atoms with Crippen molar-refractivity contribution in [1.82, 2.24) is 10.2 Å². The molecule has 1 fully saturated rings. The van der Waals surface area contributed by atoms with E-state index in [4.69, 9.17) is 10.5 Å². The van der Waals surface area contributed by atoms with Crippen LogP contribution in [-0.4, -0.2) is 71.9 Å². The van der Waals surface area contributed by atoms with Gasteiger partial charge < -0.3 is 20.5 Å². The predicted molar refractivity (Wildman–Crippen MR) is 125 cm³/mol. The summed E-state index contributed by atoms with van der Waals surface area (Å²) in [6.45, 7) is 2.60. The van der Waals surface area contributed by atoms with Crippen LogP contribution in [0.25, 0.3) is 0 Å². The number of hydrogen-bond donors (Lipinski definition) is 3. The standard InChI is InChI=1S/C23H35N3O5S/c1-2-31-23(30)18(12-8-3-4-9-13-24)25-19-16-32-20(17-10-6-5-7-11-17)14-26(22(19)29)15-21(27)28/h5-7,10-11,18-20,25H,2-4,8-9,12-16,24H2,1H3,(H,27,28)/t18-,19-,20-/m0/s1. The minimum Gasteiger partial charge on any atom is -0.480 e. The summed E-state index contributed by atoms with van der Waals surface area (Å²) in [5.74, 6) is -1.29. The summed E-state index contributed by atoms with van der Waals surface area (Å²) in [6, 6.07) is 8.49. The van der Waals surface area contributed by atoms with Crippen molar-refractivity contribution < 1.29 is 24.2 Å². The maximum atomic E-state index is 13.2. The molecule has 1 aliphatic rings. The highest BCUT2D eigenvalue weighted by Gasteiger charge is 2.35. The van der Waals surface area contributed by atoms with Gasteiger partial charge in [0.05, 0.1) is 12.6 Å². The van der Waals surface area contributed by atoms with Gasteiger partial charge in [0.15, 0.2) is 0 Å². The Bertz CT molecular complexity index is 734. The van der Waals surface area contributed by atoms with Crippen molar-refractivity contribution in [3.05, 3.63) is 35.9 Å². The third-order valence-electron chi connectivity index (χ3n) is 5.38. The molecule has 1 amide bonds. The number of benzene rings is 1. The first kappa shape index (κ1) is 26.2. The number of nitrogens with two attached hydrogens (primary N) is 1. The molecule has 0 bridgehead atoms. The van der Waals surface area contributed by atoms with Crippen LogP contribution >= 0.6 is 11.8 Å². The monoisotopic (exact) mass is 465 g/mol. The lowest BCUT2D eigenvalue weighted by Crippen LogP contribution is -2.53. The van der Waals surface area contributed by atoms with Crippen LogP contribution in [-0.2, 0) is 19.1 Å². The van der Waals surface area contributed by atoms with Crippen molar-refractivity contribution in [3.63, 3.8) is 0 Å². The van der Waals surface area contributed by atoms with Crippen molar-refractivity contribution in [2.75, 3.05) is 32.0 Å². The van der Waals surface area contributed by atoms with Crippen LogP contribution in [0.2, 0.25) is 0 Å². The number of unbranched alkanes of at least 4 members (excludes halogenated alkanes) is 3. The van der Waals surface area contributed by atoms with E-state index in [0.717, 1.165) is 31.2 Å². The molecule has 0 aromatic heterocycles. The number of aliphatic carboxylic acids is 1. The third kappa shape index (κ3) is 8.44. The maximum absolute atomic E-state index is 13.2. The maximum Gasteiger partial charge on any atom is 0.323 e. The normalized spacial score (nSPS) is 19.9. The molecule has 32 heavy (non-hydrogen) atoms. The van der Waals surface area contributed by atoms with Gasteiger partial charge in [0.1, 0.15) is 12.6 Å². The Hall–Kier alpha value is -2.10. The van der Waals surface area contributed by atoms with E-state index in [1.165, 1.54) is 4.90 Å². The number of hydrogen-bond acceptors (Lipinski definition) is 7. The number of esters is 1. The summed E-state index contributed by atoms with van der Waals surface area (Å²) in [6.07, 6.45) is 4.26. The minimum absolute atomic E-state index is 0.0383. The molecule has 0 aliphatic carbocycles. The summed E-state index contributed by atoms with van der Waals surface area (Å²) in [7, 11) is 0. The Kier molecular flexibility index (Phi) is 11.5. The van der Waals surface area contributed by atoms with Gasteiger partial charge in [0.2, 0.25) is 5.91 Å². The zero-order valence-corrected chi connectivity index (χ0v) is 19.5. The van der Waals surface area contributed by atoms with Crippen LogP contribution in [0, 0.1) is 0 Å². The lowest BCUT2D eigenvalue weighted by molar-refractivity contribution is -0.148. The quantitative estimate of drug-likeness (QED) is 0.299. The second kappa shape index (κ2) is 14.1. The van der Waals surface area contributed by atoms with E-state index in [9.17, 15) is 19.5 Å². The van der Waals surface area contributed by atoms with Crippen molar-refractivity contribution >= 4 is 29.6 Å². The summed E-state index contributed by atoms with van der Waals surface area (Å²) in [4.78, 5) is 38.5. The Morgan fingerprint density at radius 1 is 1.25 bits per heavy atom. The van der Waals surface area contributed by atoms with E-state index in [2.05, 4.69) is 5.32 Å². The molecule has 1 heterocycles. The number of carboxylic acid groups (broad SMARTS) is 1. The first-order chi connectivity index (χ1) is 15.5. The number of amides is 1. The Labute approximate surface area is 194 Å². The van der Waals surface area contributed by atoms with Crippen molar-refractivity contribution in [3.8, 4) is 0 Å². The van der Waals surface area contributed by atoms with Gasteiger partial charge in [0.25, 0.3) is 0 Å². The molecule has 178 valence electrons. The van der Waals surface area contributed by atoms with Gasteiger partial charge in [0, 0.05) is 17.5 Å². The van der Waals surface area contributed by atoms with Crippen LogP contribution < -0.4 is 11.1 Å². The molecule has 1 aromatic rings. The number of carbonyl (C=O) groups excluding carboxylic acids is 2. The number of carbonyl (C=O) groups is 3. The van der Waals surface area contributed by atoms with Crippen LogP contribution in [0.3, 0.4) is 0 Å². The molecular formula is C23H35N3O5S. The Balaban J connectivity index is 2.13. The van der Waals surface area contributed by atoms with E-state index in [1.807, 2.05) is 30.3 Å². The highest BCUT2D eigenvalue weighted by molar-refractivity contribution is 7.99. The van der Waals surface area contributed by atoms with Crippen LogP contribution in [0.5, 0.6) is 0 Å². The molecule has 4 N–H and O–H groups in total. The smallest absolute Gasteiger partial charge is 0.323 e. The molecule has 9 heteroatoms. The zero-order chi connectivity index (χ0) is 23.3. The average Bonchev–Trinajstić information content (AvgIpc) is 2.92. The third-order valence-corrected chi connectivity index (χ3v) is 6.73. The minimum atomic E-state index is -1.06. The van der Waals surface area contributed by atoms with E-state index in [-0.39, 0.29) is 30.3 Å². The van der Waals surface area contributed by atoms with Crippen molar-refractivity contribution in [1.29, 1.82) is 0 Å². The van der Waals surface area contributed by atoms with Crippen molar-refractivity contribution in [2.45, 2.75) is 56.4 Å². The number of rotatable bonds is 13. The molecule has 3 atom stereocenters. The Morgan fingerprint density at radius 2 is 1.97 bits per heavy atom. The van der Waals surface area contributed by atoms with Gasteiger partial charge in [-0.1, -0.05) is 49.6 Å². The fraction of sp³-hybridized carbons (Fsp3) is 0.609. The summed E-state index contributed by atoms with van der Waals surface area (Å²) >= 11 is 1.60. The van der Waals surface area contributed by atoms with E-state index in [0.29, 0.717) is 25.3 Å². The molecular weight excluding hydrogens is 430 g/mol. The molecule has 1 saturated heterocycles. The number of thioether (sulfide) groups is 1. The van der Waals surface area contributed by atoms with Crippen LogP contribution in [0.4, 0.5) is 0 Å². The molecule has 1 aliphatic heterocycles. The molecule has 1 aromatic carbocycles. The first-order valence-corrected chi connectivity index (χ1v) is 12.3. The van der Waals surface area contributed by atoms with Gasteiger partial charge in [-0.05, 0) is 31.9 Å². The van der Waals surface area contributed by atoms with Gasteiger partial charge >= 0.3 is 11.9 Å². The number of ether oxygens (including phenoxy) is 1. The van der Waals surface area contributed by atoms with Crippen LogP contribution in [0.15, 0.2) is 30.3 Å². The second-order valence-corrected chi connectivity index (χ2v) is 9.10. The fourth-order valence-corrected chi connectivity index (χ4v) is 5.04. The predicted octanol–water partition coefficient (Wildman–Crippen LogP) is 2.19. The molecule has 0 spiro atoms. The lowest BCUT2D eigenvalue weighted by Gasteiger charge is -2.27. The molecule has 0 saturated carbocycles. The second-order valence-electron chi connectivity index (χ2n) is 7.86. The van der Waals surface area contributed by atoms with E-state index < -0.39 is 18.1 Å². The van der Waals surface area contributed by atoms with Gasteiger partial charge in [-0.25, -0.2) is 0 Å². The van der Waals surface area contributed by atoms with Crippen LogP contribution in [0.1, 0.15) is 49.8 Å². The summed E-state index contributed by atoms with van der Waals surface area (Å²) in [5, 5.41) is 12.5. The topological polar surface area (TPSA) is 122 Å². The summed E-state index contributed by atoms with van der Waals surface area (Å²) in [5.41, 5.74) is 6.58. The fourth-order valence-electron chi connectivity index (χ4n) is 3.74. The number of carboxylic acids is 1. The largest absolute Gasteiger partial charge is 0.480 e. The Morgan fingerprint density at radius 3 is 2.62 bits per heavy atom. The van der Waals surface area contributed by atoms with Gasteiger partial charge in [-0.2, -0.15) is 0 Å². The number of nitrogens with one attached hydrogen (secondary N) is 1. The lowest BCUT2D eigenvalue weighted by atomic mass is 10.1. The van der Waals surface area contributed by atoms with Gasteiger partial charge in [-0.3, -0.25) is 19.7 Å². The number of nitrogens with zero attached hydrogens (tertiary/aromatic N) is 1. The molecule has 0 unspecified atom stereocenters. The molecule has 2 rings (SSSR count). The van der Waals surface area contributed by atoms with Gasteiger partial charge in [-0.15, -0.1) is 11.8 Å². The zero-order valence-electron chi connectivity index (χ0n) is 18.7. The SMILES string of the molecule is CCOC(=O)[C@H](CCCCCCN)N[C@H]1CS[C@H](c2ccccc2)CN(CC(=O)O)C1=O. The molecule has 8 nitrogen and oxygen atoms in total. The van der Waals surface area contributed by atoms with E-state index in [1.54, 1.807) is 18.7 Å². The highest BCUT2D eigenvalue weighted by atomic mass is 32.2. The summed E-state index contributed by atoms with van der Waals surface area (Å²) < 4.78 is 5.22. The highest BCUT2D eigenvalue weighted by Crippen LogP contribution is 2.33. The van der Waals surface area contributed by atoms with Crippen molar-refractivity contribution in [2.24, 2.45) is 5.73 Å².